The Labute approximate surface area is 118 Å². The van der Waals surface area contributed by atoms with Crippen molar-refractivity contribution in [2.75, 3.05) is 12.3 Å². The Kier molecular flexibility index (Phi) is 3.46. The van der Waals surface area contributed by atoms with Crippen LogP contribution in [-0.4, -0.2) is 25.3 Å². The van der Waals surface area contributed by atoms with Gasteiger partial charge >= 0.3 is 0 Å². The number of piperidine rings is 1. The highest BCUT2D eigenvalue weighted by Gasteiger charge is 2.41. The van der Waals surface area contributed by atoms with E-state index in [1.54, 1.807) is 4.31 Å². The molecule has 0 bridgehead atoms. The maximum Gasteiger partial charge on any atom is 0.245 e. The van der Waals surface area contributed by atoms with Gasteiger partial charge in [0, 0.05) is 12.6 Å². The summed E-state index contributed by atoms with van der Waals surface area (Å²) in [4.78, 5) is -0.0925. The maximum absolute atomic E-state index is 13.5. The van der Waals surface area contributed by atoms with Crippen molar-refractivity contribution < 1.29 is 12.8 Å². The molecule has 2 fully saturated rings. The molecule has 1 aliphatic heterocycles. The normalized spacial score (nSPS) is 27.4. The van der Waals surface area contributed by atoms with Gasteiger partial charge in [-0.15, -0.1) is 0 Å². The van der Waals surface area contributed by atoms with E-state index >= 15 is 0 Å². The second-order valence-corrected chi connectivity index (χ2v) is 7.53. The van der Waals surface area contributed by atoms with Crippen LogP contribution in [0.1, 0.15) is 32.1 Å². The lowest BCUT2D eigenvalue weighted by atomic mass is 9.94. The lowest BCUT2D eigenvalue weighted by Gasteiger charge is -2.36. The number of hydrogen-bond donors (Lipinski definition) is 1. The molecule has 0 spiro atoms. The molecule has 1 aromatic rings. The fourth-order valence-corrected chi connectivity index (χ4v) is 5.46. The molecule has 0 amide bonds. The zero-order chi connectivity index (χ0) is 14.3. The van der Waals surface area contributed by atoms with Crippen LogP contribution in [0.3, 0.4) is 0 Å². The van der Waals surface area contributed by atoms with Crippen molar-refractivity contribution in [2.45, 2.75) is 43.0 Å². The third kappa shape index (κ3) is 2.11. The van der Waals surface area contributed by atoms with E-state index in [-0.39, 0.29) is 16.6 Å². The number of nitrogens with two attached hydrogens (primary N) is 1. The first-order chi connectivity index (χ1) is 9.51. The summed E-state index contributed by atoms with van der Waals surface area (Å²) in [6.45, 7) is 0.513. The third-order valence-corrected chi connectivity index (χ3v) is 6.52. The van der Waals surface area contributed by atoms with Crippen LogP contribution in [0.5, 0.6) is 0 Å². The van der Waals surface area contributed by atoms with E-state index in [4.69, 9.17) is 5.73 Å². The number of nitrogen functional groups attached to an aromatic ring is 1. The summed E-state index contributed by atoms with van der Waals surface area (Å²) in [5.41, 5.74) is 5.36. The third-order valence-electron chi connectivity index (χ3n) is 4.54. The second-order valence-electron chi connectivity index (χ2n) is 5.67. The van der Waals surface area contributed by atoms with Gasteiger partial charge in [-0.25, -0.2) is 12.8 Å². The van der Waals surface area contributed by atoms with Gasteiger partial charge in [-0.3, -0.25) is 0 Å². The number of fused-ring (bicyclic) bond motifs is 1. The van der Waals surface area contributed by atoms with Crippen LogP contribution in [0, 0.1) is 11.7 Å². The minimum atomic E-state index is -3.70. The molecule has 110 valence electrons. The quantitative estimate of drug-likeness (QED) is 0.853. The highest BCUT2D eigenvalue weighted by molar-refractivity contribution is 7.89. The Morgan fingerprint density at radius 3 is 2.75 bits per heavy atom. The maximum atomic E-state index is 13.5. The average molecular weight is 298 g/mol. The van der Waals surface area contributed by atoms with E-state index in [0.717, 1.165) is 32.1 Å². The van der Waals surface area contributed by atoms with Gasteiger partial charge in [0.1, 0.15) is 10.7 Å². The first-order valence-corrected chi connectivity index (χ1v) is 8.51. The van der Waals surface area contributed by atoms with Gasteiger partial charge in [0.15, 0.2) is 0 Å². The smallest absolute Gasteiger partial charge is 0.245 e. The van der Waals surface area contributed by atoms with Gasteiger partial charge in [0.05, 0.1) is 5.69 Å². The number of sulfonamides is 1. The molecule has 1 saturated carbocycles. The first kappa shape index (κ1) is 13.8. The molecule has 2 N–H and O–H groups in total. The topological polar surface area (TPSA) is 63.4 Å². The predicted octanol–water partition coefficient (Wildman–Crippen LogP) is 2.36. The Morgan fingerprint density at radius 1 is 1.20 bits per heavy atom. The van der Waals surface area contributed by atoms with Crippen molar-refractivity contribution in [2.24, 2.45) is 5.92 Å². The molecule has 2 unspecified atom stereocenters. The van der Waals surface area contributed by atoms with Crippen LogP contribution in [0.2, 0.25) is 0 Å². The molecule has 1 heterocycles. The van der Waals surface area contributed by atoms with Crippen LogP contribution in [-0.2, 0) is 10.0 Å². The molecule has 4 nitrogen and oxygen atoms in total. The number of rotatable bonds is 2. The van der Waals surface area contributed by atoms with Crippen molar-refractivity contribution in [3.63, 3.8) is 0 Å². The fraction of sp³-hybridized carbons (Fsp3) is 0.571. The first-order valence-electron chi connectivity index (χ1n) is 7.07. The van der Waals surface area contributed by atoms with Crippen molar-refractivity contribution in [3.05, 3.63) is 24.0 Å². The summed E-state index contributed by atoms with van der Waals surface area (Å²) < 4.78 is 40.7. The summed E-state index contributed by atoms with van der Waals surface area (Å²) in [6, 6.07) is 4.04. The van der Waals surface area contributed by atoms with Crippen molar-refractivity contribution in [1.82, 2.24) is 4.31 Å². The van der Waals surface area contributed by atoms with E-state index < -0.39 is 15.8 Å². The molecule has 2 atom stereocenters. The second kappa shape index (κ2) is 5.00. The summed E-state index contributed by atoms with van der Waals surface area (Å²) in [7, 11) is -3.70. The monoisotopic (exact) mass is 298 g/mol. The highest BCUT2D eigenvalue weighted by atomic mass is 32.2. The molecular weight excluding hydrogens is 279 g/mol. The molecule has 1 aliphatic carbocycles. The summed E-state index contributed by atoms with van der Waals surface area (Å²) in [5.74, 6) is -0.223. The van der Waals surface area contributed by atoms with E-state index in [9.17, 15) is 12.8 Å². The molecular formula is C14H19FN2O2S. The van der Waals surface area contributed by atoms with Crippen molar-refractivity contribution in [1.29, 1.82) is 0 Å². The van der Waals surface area contributed by atoms with Gasteiger partial charge in [0.25, 0.3) is 0 Å². The number of halogens is 1. The van der Waals surface area contributed by atoms with Crippen LogP contribution in [0.25, 0.3) is 0 Å². The van der Waals surface area contributed by atoms with E-state index in [1.165, 1.54) is 18.2 Å². The Balaban J connectivity index is 2.01. The predicted molar refractivity (Wildman–Crippen MR) is 75.1 cm³/mol. The van der Waals surface area contributed by atoms with E-state index in [2.05, 4.69) is 0 Å². The average Bonchev–Trinajstić information content (AvgIpc) is 2.89. The molecule has 2 aliphatic rings. The largest absolute Gasteiger partial charge is 0.395 e. The number of hydrogen-bond acceptors (Lipinski definition) is 3. The van der Waals surface area contributed by atoms with Crippen LogP contribution < -0.4 is 5.73 Å². The SMILES string of the molecule is Nc1c(F)cccc1S(=O)(=O)N1CCCC2CCCC21. The van der Waals surface area contributed by atoms with Gasteiger partial charge in [-0.05, 0) is 43.7 Å². The zero-order valence-corrected chi connectivity index (χ0v) is 12.1. The van der Waals surface area contributed by atoms with Crippen LogP contribution in [0.15, 0.2) is 23.1 Å². The van der Waals surface area contributed by atoms with Crippen molar-refractivity contribution in [3.8, 4) is 0 Å². The number of para-hydroxylation sites is 1. The highest BCUT2D eigenvalue weighted by Crippen LogP contribution is 2.40. The molecule has 1 aromatic carbocycles. The van der Waals surface area contributed by atoms with E-state index in [1.807, 2.05) is 0 Å². The molecule has 3 rings (SSSR count). The number of anilines is 1. The lowest BCUT2D eigenvalue weighted by Crippen LogP contribution is -2.46. The summed E-state index contributed by atoms with van der Waals surface area (Å²) in [5, 5.41) is 0. The standard InChI is InChI=1S/C14H19FN2O2S/c15-11-6-2-8-13(14(11)16)20(18,19)17-9-3-5-10-4-1-7-12(10)17/h2,6,8,10,12H,1,3-5,7,9,16H2. The zero-order valence-electron chi connectivity index (χ0n) is 11.3. The minimum Gasteiger partial charge on any atom is -0.395 e. The van der Waals surface area contributed by atoms with Gasteiger partial charge in [-0.1, -0.05) is 12.5 Å². The minimum absolute atomic E-state index is 0.0661. The van der Waals surface area contributed by atoms with Gasteiger partial charge in [-0.2, -0.15) is 4.31 Å². The fourth-order valence-electron chi connectivity index (χ4n) is 3.58. The van der Waals surface area contributed by atoms with Gasteiger partial charge < -0.3 is 5.73 Å². The molecule has 6 heteroatoms. The van der Waals surface area contributed by atoms with Gasteiger partial charge in [0.2, 0.25) is 10.0 Å². The Hall–Kier alpha value is -1.14. The molecule has 1 saturated heterocycles. The molecule has 0 radical (unpaired) electrons. The Bertz CT molecular complexity index is 618. The van der Waals surface area contributed by atoms with E-state index in [0.29, 0.717) is 12.5 Å². The van der Waals surface area contributed by atoms with Crippen molar-refractivity contribution >= 4 is 15.7 Å². The molecule has 0 aromatic heterocycles. The lowest BCUT2D eigenvalue weighted by molar-refractivity contribution is 0.202. The van der Waals surface area contributed by atoms with Crippen LogP contribution >= 0.6 is 0 Å². The Morgan fingerprint density at radius 2 is 1.95 bits per heavy atom. The molecule has 20 heavy (non-hydrogen) atoms. The summed E-state index contributed by atoms with van der Waals surface area (Å²) in [6.07, 6.45) is 5.03. The van der Waals surface area contributed by atoms with Crippen LogP contribution in [0.4, 0.5) is 10.1 Å². The summed E-state index contributed by atoms with van der Waals surface area (Å²) >= 11 is 0. The number of benzene rings is 1. The number of nitrogens with zero attached hydrogens (tertiary/aromatic N) is 1.